The number of hydrogen-bond donors (Lipinski definition) is 2. The molecule has 0 saturated carbocycles. The molecule has 0 heterocycles. The van der Waals surface area contributed by atoms with Crippen LogP contribution in [0.2, 0.25) is 10.0 Å². The molecular weight excluding hydrogens is 419 g/mol. The Morgan fingerprint density at radius 1 is 1.09 bits per heavy atom. The van der Waals surface area contributed by atoms with Gasteiger partial charge in [-0.1, -0.05) is 39.1 Å². The van der Waals surface area contributed by atoms with E-state index in [9.17, 15) is 4.79 Å². The number of carbonyl (C=O) groups is 1. The fourth-order valence-corrected chi connectivity index (χ4v) is 3.24. The van der Waals surface area contributed by atoms with Gasteiger partial charge in [0.25, 0.3) is 5.91 Å². The van der Waals surface area contributed by atoms with Crippen molar-refractivity contribution in [2.75, 3.05) is 5.32 Å². The number of aryl methyl sites for hydroxylation is 2. The lowest BCUT2D eigenvalue weighted by Gasteiger charge is -2.15. The summed E-state index contributed by atoms with van der Waals surface area (Å²) in [6.07, 6.45) is 0. The molecule has 1 amide bonds. The minimum Gasteiger partial charge on any atom is -0.332 e. The first kappa shape index (κ1) is 18.2. The van der Waals surface area contributed by atoms with E-state index in [1.807, 2.05) is 26.0 Å². The molecule has 3 nitrogen and oxygen atoms in total. The average Bonchev–Trinajstić information content (AvgIpc) is 2.45. The van der Waals surface area contributed by atoms with Gasteiger partial charge >= 0.3 is 0 Å². The zero-order valence-electron chi connectivity index (χ0n) is 12.3. The Kier molecular flexibility index (Phi) is 6.03. The molecule has 0 spiro atoms. The third kappa shape index (κ3) is 4.67. The van der Waals surface area contributed by atoms with Gasteiger partial charge in [-0.25, -0.2) is 0 Å². The molecule has 0 fully saturated rings. The molecule has 2 aromatic carbocycles. The van der Waals surface area contributed by atoms with E-state index in [-0.39, 0.29) is 11.0 Å². The van der Waals surface area contributed by atoms with Gasteiger partial charge in [-0.15, -0.1) is 0 Å². The summed E-state index contributed by atoms with van der Waals surface area (Å²) in [5, 5.41) is 6.61. The number of benzene rings is 2. The number of anilines is 1. The van der Waals surface area contributed by atoms with Crippen LogP contribution in [0.5, 0.6) is 0 Å². The molecular formula is C16H13BrCl2N2OS. The molecule has 0 saturated heterocycles. The van der Waals surface area contributed by atoms with Gasteiger partial charge in [0, 0.05) is 15.7 Å². The van der Waals surface area contributed by atoms with Crippen molar-refractivity contribution in [1.29, 1.82) is 0 Å². The number of amides is 1. The third-order valence-electron chi connectivity index (χ3n) is 3.14. The van der Waals surface area contributed by atoms with Crippen LogP contribution < -0.4 is 10.6 Å². The second kappa shape index (κ2) is 7.62. The van der Waals surface area contributed by atoms with Crippen LogP contribution in [0, 0.1) is 13.8 Å². The summed E-state index contributed by atoms with van der Waals surface area (Å²) in [4.78, 5) is 12.2. The summed E-state index contributed by atoms with van der Waals surface area (Å²) in [7, 11) is 0. The predicted molar refractivity (Wildman–Crippen MR) is 104 cm³/mol. The fourth-order valence-electron chi connectivity index (χ4n) is 2.07. The van der Waals surface area contributed by atoms with Gasteiger partial charge in [-0.3, -0.25) is 10.1 Å². The maximum Gasteiger partial charge on any atom is 0.257 e. The monoisotopic (exact) mass is 430 g/mol. The Morgan fingerprint density at radius 2 is 1.70 bits per heavy atom. The van der Waals surface area contributed by atoms with Crippen molar-refractivity contribution in [1.82, 2.24) is 5.32 Å². The number of rotatable bonds is 2. The molecule has 0 radical (unpaired) electrons. The van der Waals surface area contributed by atoms with E-state index in [1.165, 1.54) is 6.07 Å². The highest BCUT2D eigenvalue weighted by atomic mass is 79.9. The zero-order chi connectivity index (χ0) is 17.1. The highest BCUT2D eigenvalue weighted by Gasteiger charge is 2.12. The number of nitrogens with one attached hydrogen (secondary N) is 2. The van der Waals surface area contributed by atoms with Crippen molar-refractivity contribution in [2.24, 2.45) is 0 Å². The molecule has 0 atom stereocenters. The topological polar surface area (TPSA) is 41.1 Å². The number of halogens is 3. The second-order valence-electron chi connectivity index (χ2n) is 4.95. The summed E-state index contributed by atoms with van der Waals surface area (Å²) in [5.41, 5.74) is 3.28. The fraction of sp³-hybridized carbons (Fsp3) is 0.125. The molecule has 7 heteroatoms. The van der Waals surface area contributed by atoms with Crippen molar-refractivity contribution < 1.29 is 4.79 Å². The van der Waals surface area contributed by atoms with Crippen molar-refractivity contribution in [3.63, 3.8) is 0 Å². The summed E-state index contributed by atoms with van der Waals surface area (Å²) in [6, 6.07) is 8.59. The number of hydrogen-bond acceptors (Lipinski definition) is 2. The molecule has 2 aromatic rings. The Labute approximate surface area is 158 Å². The highest BCUT2D eigenvalue weighted by Crippen LogP contribution is 2.25. The van der Waals surface area contributed by atoms with E-state index in [1.54, 1.807) is 12.1 Å². The van der Waals surface area contributed by atoms with E-state index in [4.69, 9.17) is 35.4 Å². The smallest absolute Gasteiger partial charge is 0.257 e. The molecule has 0 bridgehead atoms. The molecule has 23 heavy (non-hydrogen) atoms. The zero-order valence-corrected chi connectivity index (χ0v) is 16.3. The standard InChI is InChI=1S/C16H13BrCl2N2OS/c1-8-5-11(17)6-9(2)14(8)20-16(23)21-15(22)10-3-4-12(18)13(19)7-10/h3-7H,1-2H3,(H2,20,21,22,23). The lowest BCUT2D eigenvalue weighted by atomic mass is 10.1. The first-order chi connectivity index (χ1) is 10.8. The van der Waals surface area contributed by atoms with E-state index < -0.39 is 0 Å². The number of thiocarbonyl (C=S) groups is 1. The Hall–Kier alpha value is -1.14. The molecule has 0 aliphatic heterocycles. The highest BCUT2D eigenvalue weighted by molar-refractivity contribution is 9.10. The Balaban J connectivity index is 2.10. The van der Waals surface area contributed by atoms with Crippen LogP contribution in [-0.2, 0) is 0 Å². The van der Waals surface area contributed by atoms with Gasteiger partial charge in [-0.2, -0.15) is 0 Å². The van der Waals surface area contributed by atoms with Crippen LogP contribution in [0.1, 0.15) is 21.5 Å². The minimum absolute atomic E-state index is 0.217. The molecule has 120 valence electrons. The van der Waals surface area contributed by atoms with Gasteiger partial charge < -0.3 is 5.32 Å². The lowest BCUT2D eigenvalue weighted by molar-refractivity contribution is 0.0977. The first-order valence-corrected chi connectivity index (χ1v) is 8.58. The average molecular weight is 432 g/mol. The summed E-state index contributed by atoms with van der Waals surface area (Å²) in [5.74, 6) is -0.353. The predicted octanol–water partition coefficient (Wildman–Crippen LogP) is 5.50. The number of carbonyl (C=O) groups excluding carboxylic acids is 1. The normalized spacial score (nSPS) is 10.3. The van der Waals surface area contributed by atoms with Gasteiger partial charge in [0.15, 0.2) is 5.11 Å². The third-order valence-corrected chi connectivity index (χ3v) is 4.55. The van der Waals surface area contributed by atoms with Crippen LogP contribution in [-0.4, -0.2) is 11.0 Å². The van der Waals surface area contributed by atoms with E-state index in [0.29, 0.717) is 15.6 Å². The summed E-state index contributed by atoms with van der Waals surface area (Å²) >= 11 is 20.4. The molecule has 0 aliphatic carbocycles. The Bertz CT molecular complexity index is 773. The molecule has 2 N–H and O–H groups in total. The van der Waals surface area contributed by atoms with Crippen LogP contribution in [0.25, 0.3) is 0 Å². The van der Waals surface area contributed by atoms with Gasteiger partial charge in [-0.05, 0) is 67.5 Å². The molecule has 0 aliphatic rings. The molecule has 0 aromatic heterocycles. The quantitative estimate of drug-likeness (QED) is 0.616. The van der Waals surface area contributed by atoms with Crippen LogP contribution >= 0.6 is 51.3 Å². The maximum atomic E-state index is 12.2. The van der Waals surface area contributed by atoms with E-state index in [0.717, 1.165) is 21.3 Å². The van der Waals surface area contributed by atoms with E-state index in [2.05, 4.69) is 26.6 Å². The Morgan fingerprint density at radius 3 is 2.26 bits per heavy atom. The van der Waals surface area contributed by atoms with Crippen LogP contribution in [0.15, 0.2) is 34.8 Å². The second-order valence-corrected chi connectivity index (χ2v) is 7.09. The van der Waals surface area contributed by atoms with Crippen molar-refractivity contribution in [3.8, 4) is 0 Å². The van der Waals surface area contributed by atoms with Crippen molar-refractivity contribution in [2.45, 2.75) is 13.8 Å². The van der Waals surface area contributed by atoms with Crippen molar-refractivity contribution >= 4 is 68.1 Å². The minimum atomic E-state index is -0.353. The summed E-state index contributed by atoms with van der Waals surface area (Å²) < 4.78 is 0.990. The molecule has 2 rings (SSSR count). The van der Waals surface area contributed by atoms with Gasteiger partial charge in [0.05, 0.1) is 10.0 Å². The maximum absolute atomic E-state index is 12.2. The SMILES string of the molecule is Cc1cc(Br)cc(C)c1NC(=S)NC(=O)c1ccc(Cl)c(Cl)c1. The lowest BCUT2D eigenvalue weighted by Crippen LogP contribution is -2.34. The van der Waals surface area contributed by atoms with Crippen molar-refractivity contribution in [3.05, 3.63) is 61.5 Å². The van der Waals surface area contributed by atoms with Gasteiger partial charge in [0.2, 0.25) is 0 Å². The van der Waals surface area contributed by atoms with E-state index >= 15 is 0 Å². The largest absolute Gasteiger partial charge is 0.332 e. The molecule has 0 unspecified atom stereocenters. The van der Waals surface area contributed by atoms with Gasteiger partial charge in [0.1, 0.15) is 0 Å². The first-order valence-electron chi connectivity index (χ1n) is 6.62. The summed E-state index contributed by atoms with van der Waals surface area (Å²) in [6.45, 7) is 3.92. The van der Waals surface area contributed by atoms with Crippen LogP contribution in [0.3, 0.4) is 0 Å². The van der Waals surface area contributed by atoms with Crippen LogP contribution in [0.4, 0.5) is 5.69 Å².